The molecule has 0 rings (SSSR count). The van der Waals surface area contributed by atoms with Crippen molar-refractivity contribution in [3.8, 4) is 0 Å². The Morgan fingerprint density at radius 1 is 0.762 bits per heavy atom. The van der Waals surface area contributed by atoms with Crippen molar-refractivity contribution >= 4 is 15.6 Å². The van der Waals surface area contributed by atoms with E-state index in [4.69, 9.17) is 19.6 Å². The molecule has 0 spiro atoms. The Morgan fingerprint density at radius 2 is 1.14 bits per heavy atom. The van der Waals surface area contributed by atoms with E-state index in [0.717, 1.165) is 25.7 Å². The van der Waals surface area contributed by atoms with Crippen molar-refractivity contribution in [3.63, 3.8) is 0 Å². The second-order valence-electron chi connectivity index (χ2n) is 4.89. The fourth-order valence-corrected chi connectivity index (χ4v) is 2.85. The average molecular weight is 348 g/mol. The molecule has 0 fully saturated rings. The molecule has 0 heterocycles. The highest BCUT2D eigenvalue weighted by Crippen LogP contribution is 2.45. The van der Waals surface area contributed by atoms with Crippen LogP contribution in [0.2, 0.25) is 0 Å². The molecule has 0 saturated heterocycles. The first-order chi connectivity index (χ1) is 9.64. The molecule has 8 nitrogen and oxygen atoms in total. The highest BCUT2D eigenvalue weighted by Gasteiger charge is 2.28. The minimum Gasteiger partial charge on any atom is -0.303 e. The highest BCUT2D eigenvalue weighted by molar-refractivity contribution is 7.47. The Hall–Kier alpha value is 0.220. The predicted molar refractivity (Wildman–Crippen MR) is 77.3 cm³/mol. The number of rotatable bonds is 13. The van der Waals surface area contributed by atoms with Crippen LogP contribution in [0.4, 0.5) is 0 Å². The van der Waals surface area contributed by atoms with Gasteiger partial charge in [-0.1, -0.05) is 51.9 Å². The van der Waals surface area contributed by atoms with Gasteiger partial charge in [-0.25, -0.2) is 9.13 Å². The molecule has 0 unspecified atom stereocenters. The fraction of sp³-hybridized carbons (Fsp3) is 1.00. The quantitative estimate of drug-likeness (QED) is 0.227. The fourth-order valence-electron chi connectivity index (χ4n) is 1.88. The Kier molecular flexibility index (Phi) is 11.0. The van der Waals surface area contributed by atoms with E-state index in [1.165, 1.54) is 19.3 Å². The van der Waals surface area contributed by atoms with Crippen LogP contribution >= 0.6 is 15.6 Å². The molecule has 0 radical (unpaired) electrons. The van der Waals surface area contributed by atoms with Crippen LogP contribution < -0.4 is 0 Å². The molecule has 10 heteroatoms. The van der Waals surface area contributed by atoms with Gasteiger partial charge in [0.2, 0.25) is 0 Å². The van der Waals surface area contributed by atoms with Crippen LogP contribution in [0.5, 0.6) is 0 Å². The molecule has 4 N–H and O–H groups in total. The maximum atomic E-state index is 10.7. The molecule has 0 aliphatic carbocycles. The van der Waals surface area contributed by atoms with Gasteiger partial charge in [0.05, 0.1) is 0 Å². The SMILES string of the molecule is CCCCCCCCCCC(OP(=O)(O)O)OP(=O)(O)O. The summed E-state index contributed by atoms with van der Waals surface area (Å²) in [7, 11) is -9.70. The van der Waals surface area contributed by atoms with Crippen LogP contribution in [0.3, 0.4) is 0 Å². The standard InChI is InChI=1S/C11H26O8P2/c1-2-3-4-5-6-7-8-9-10-11(18-20(12,13)14)19-21(15,16)17/h11H,2-10H2,1H3,(H2,12,13,14)(H2,15,16,17). The van der Waals surface area contributed by atoms with Crippen LogP contribution in [-0.2, 0) is 18.2 Å². The highest BCUT2D eigenvalue weighted by atomic mass is 31.2. The van der Waals surface area contributed by atoms with Gasteiger partial charge in [0.1, 0.15) is 0 Å². The van der Waals surface area contributed by atoms with Crippen LogP contribution in [0.15, 0.2) is 0 Å². The molecule has 0 aromatic heterocycles. The first-order valence-electron chi connectivity index (χ1n) is 7.12. The van der Waals surface area contributed by atoms with Gasteiger partial charge >= 0.3 is 15.6 Å². The second-order valence-corrected chi connectivity index (χ2v) is 7.27. The molecule has 0 amide bonds. The molecule has 0 bridgehead atoms. The van der Waals surface area contributed by atoms with E-state index >= 15 is 0 Å². The summed E-state index contributed by atoms with van der Waals surface area (Å²) < 4.78 is 29.9. The normalized spacial score (nSPS) is 13.0. The lowest BCUT2D eigenvalue weighted by Crippen LogP contribution is -2.14. The monoisotopic (exact) mass is 348 g/mol. The van der Waals surface area contributed by atoms with E-state index in [0.29, 0.717) is 6.42 Å². The van der Waals surface area contributed by atoms with Crippen molar-refractivity contribution in [1.82, 2.24) is 0 Å². The molecule has 0 aromatic carbocycles. The van der Waals surface area contributed by atoms with Gasteiger partial charge in [-0.05, 0) is 12.8 Å². The lowest BCUT2D eigenvalue weighted by atomic mass is 10.1. The summed E-state index contributed by atoms with van der Waals surface area (Å²) in [5.41, 5.74) is 0. The number of hydrogen-bond donors (Lipinski definition) is 4. The summed E-state index contributed by atoms with van der Waals surface area (Å²) in [5, 5.41) is 0. The van der Waals surface area contributed by atoms with Gasteiger partial charge in [-0.2, -0.15) is 0 Å². The summed E-state index contributed by atoms with van der Waals surface area (Å²) in [5.74, 6) is 0. The van der Waals surface area contributed by atoms with Gasteiger partial charge in [0, 0.05) is 0 Å². The third-order valence-electron chi connectivity index (χ3n) is 2.80. The van der Waals surface area contributed by atoms with E-state index in [2.05, 4.69) is 16.0 Å². The van der Waals surface area contributed by atoms with Crippen LogP contribution in [0.25, 0.3) is 0 Å². The minimum absolute atomic E-state index is 0.0190. The van der Waals surface area contributed by atoms with Gasteiger partial charge in [0.25, 0.3) is 0 Å². The first kappa shape index (κ1) is 21.2. The third kappa shape index (κ3) is 16.4. The molecule has 0 saturated carbocycles. The maximum absolute atomic E-state index is 10.7. The molecule has 0 aliphatic heterocycles. The number of unbranched alkanes of at least 4 members (excludes halogenated alkanes) is 7. The minimum atomic E-state index is -4.85. The van der Waals surface area contributed by atoms with E-state index < -0.39 is 21.9 Å². The van der Waals surface area contributed by atoms with E-state index in [1.807, 2.05) is 0 Å². The number of phosphoric acid groups is 2. The first-order valence-corrected chi connectivity index (χ1v) is 10.2. The van der Waals surface area contributed by atoms with Gasteiger partial charge in [-0.15, -0.1) is 0 Å². The molecule has 21 heavy (non-hydrogen) atoms. The molecular weight excluding hydrogens is 322 g/mol. The smallest absolute Gasteiger partial charge is 0.303 e. The molecular formula is C11H26O8P2. The van der Waals surface area contributed by atoms with Crippen molar-refractivity contribution in [1.29, 1.82) is 0 Å². The van der Waals surface area contributed by atoms with E-state index in [-0.39, 0.29) is 6.42 Å². The van der Waals surface area contributed by atoms with Gasteiger partial charge < -0.3 is 19.6 Å². The van der Waals surface area contributed by atoms with Crippen LogP contribution in [-0.4, -0.2) is 25.9 Å². The molecule has 0 aromatic rings. The summed E-state index contributed by atoms with van der Waals surface area (Å²) in [4.78, 5) is 34.7. The Balaban J connectivity index is 3.91. The number of hydrogen-bond acceptors (Lipinski definition) is 4. The predicted octanol–water partition coefficient (Wildman–Crippen LogP) is 3.06. The lowest BCUT2D eigenvalue weighted by molar-refractivity contribution is -0.0392. The van der Waals surface area contributed by atoms with Gasteiger partial charge in [-0.3, -0.25) is 9.05 Å². The molecule has 0 atom stereocenters. The molecule has 0 aliphatic rings. The van der Waals surface area contributed by atoms with Crippen molar-refractivity contribution in [2.45, 2.75) is 71.0 Å². The number of phosphoric ester groups is 2. The van der Waals surface area contributed by atoms with Crippen LogP contribution in [0, 0.1) is 0 Å². The Bertz CT molecular complexity index is 326. The summed E-state index contributed by atoms with van der Waals surface area (Å²) in [6.45, 7) is 2.14. The third-order valence-corrected chi connectivity index (χ3v) is 3.82. The zero-order valence-electron chi connectivity index (χ0n) is 12.3. The van der Waals surface area contributed by atoms with Crippen molar-refractivity contribution < 1.29 is 37.8 Å². The van der Waals surface area contributed by atoms with Crippen LogP contribution in [0.1, 0.15) is 64.7 Å². The van der Waals surface area contributed by atoms with Crippen molar-refractivity contribution in [2.24, 2.45) is 0 Å². The lowest BCUT2D eigenvalue weighted by Gasteiger charge is -2.18. The molecule has 128 valence electrons. The zero-order valence-corrected chi connectivity index (χ0v) is 14.0. The maximum Gasteiger partial charge on any atom is 0.471 e. The van der Waals surface area contributed by atoms with Crippen molar-refractivity contribution in [2.75, 3.05) is 0 Å². The summed E-state index contributed by atoms with van der Waals surface area (Å²) in [6, 6.07) is 0. The van der Waals surface area contributed by atoms with Crippen molar-refractivity contribution in [3.05, 3.63) is 0 Å². The van der Waals surface area contributed by atoms with Gasteiger partial charge in [0.15, 0.2) is 6.29 Å². The average Bonchev–Trinajstić information content (AvgIpc) is 2.28. The summed E-state index contributed by atoms with van der Waals surface area (Å²) in [6.07, 6.45) is 6.49. The van der Waals surface area contributed by atoms with E-state index in [1.54, 1.807) is 0 Å². The topological polar surface area (TPSA) is 134 Å². The second kappa shape index (κ2) is 10.9. The largest absolute Gasteiger partial charge is 0.471 e. The summed E-state index contributed by atoms with van der Waals surface area (Å²) >= 11 is 0. The Labute approximate surface area is 125 Å². The van der Waals surface area contributed by atoms with E-state index in [9.17, 15) is 9.13 Å². The Morgan fingerprint density at radius 3 is 1.52 bits per heavy atom. The zero-order chi connectivity index (χ0) is 16.4.